The highest BCUT2D eigenvalue weighted by molar-refractivity contribution is 7.98. The van der Waals surface area contributed by atoms with Crippen LogP contribution in [0.25, 0.3) is 0 Å². The lowest BCUT2D eigenvalue weighted by molar-refractivity contribution is -0.133. The van der Waals surface area contributed by atoms with Gasteiger partial charge in [-0.2, -0.15) is 0 Å². The number of thioether (sulfide) groups is 1. The number of thiophene rings is 1. The lowest BCUT2D eigenvalue weighted by Gasteiger charge is -2.16. The molecule has 2 heterocycles. The van der Waals surface area contributed by atoms with E-state index in [-0.39, 0.29) is 12.5 Å². The average Bonchev–Trinajstić information content (AvgIpc) is 3.38. The van der Waals surface area contributed by atoms with Crippen molar-refractivity contribution in [3.05, 3.63) is 76.4 Å². The Morgan fingerprint density at radius 2 is 2.00 bits per heavy atom. The van der Waals surface area contributed by atoms with Crippen LogP contribution in [0.15, 0.2) is 69.5 Å². The van der Waals surface area contributed by atoms with Gasteiger partial charge in [0.15, 0.2) is 6.61 Å². The zero-order valence-electron chi connectivity index (χ0n) is 14.8. The number of hydrogen-bond acceptors (Lipinski definition) is 6. The van der Waals surface area contributed by atoms with E-state index in [2.05, 4.69) is 0 Å². The second kappa shape index (κ2) is 9.43. The molecule has 0 fully saturated rings. The molecule has 7 heteroatoms. The van der Waals surface area contributed by atoms with Crippen LogP contribution in [0.3, 0.4) is 0 Å². The summed E-state index contributed by atoms with van der Waals surface area (Å²) in [5.74, 6) is 0.696. The molecule has 0 spiro atoms. The van der Waals surface area contributed by atoms with E-state index in [9.17, 15) is 9.59 Å². The number of carbonyl (C=O) groups is 2. The lowest BCUT2D eigenvalue weighted by atomic mass is 10.2. The van der Waals surface area contributed by atoms with Crippen molar-refractivity contribution in [2.24, 2.45) is 0 Å². The Morgan fingerprint density at radius 1 is 1.15 bits per heavy atom. The first-order valence-electron chi connectivity index (χ1n) is 8.31. The Hall–Kier alpha value is -2.51. The maximum absolute atomic E-state index is 12.4. The van der Waals surface area contributed by atoms with Crippen molar-refractivity contribution in [2.75, 3.05) is 13.7 Å². The van der Waals surface area contributed by atoms with Crippen molar-refractivity contribution in [3.63, 3.8) is 0 Å². The molecule has 0 unspecified atom stereocenters. The number of amides is 1. The van der Waals surface area contributed by atoms with Gasteiger partial charge in [0.1, 0.15) is 5.76 Å². The van der Waals surface area contributed by atoms with Gasteiger partial charge in [-0.3, -0.25) is 4.79 Å². The van der Waals surface area contributed by atoms with Gasteiger partial charge in [-0.15, -0.1) is 23.1 Å². The van der Waals surface area contributed by atoms with E-state index in [1.54, 1.807) is 41.7 Å². The zero-order valence-corrected chi connectivity index (χ0v) is 16.4. The molecule has 3 aromatic rings. The molecule has 0 aliphatic rings. The fraction of sp³-hybridized carbons (Fsp3) is 0.200. The third kappa shape index (κ3) is 5.48. The third-order valence-corrected chi connectivity index (χ3v) is 5.74. The van der Waals surface area contributed by atoms with Crippen LogP contribution in [0.1, 0.15) is 21.0 Å². The Morgan fingerprint density at radius 3 is 2.74 bits per heavy atom. The molecule has 0 N–H and O–H groups in total. The molecule has 140 valence electrons. The molecular weight excluding hydrogens is 382 g/mol. The van der Waals surface area contributed by atoms with Crippen LogP contribution in [0.5, 0.6) is 0 Å². The normalized spacial score (nSPS) is 10.6. The third-order valence-electron chi connectivity index (χ3n) is 3.78. The zero-order chi connectivity index (χ0) is 19.1. The summed E-state index contributed by atoms with van der Waals surface area (Å²) in [5, 5.41) is 1.96. The molecule has 0 atom stereocenters. The topological polar surface area (TPSA) is 59.8 Å². The highest BCUT2D eigenvalue weighted by atomic mass is 32.2. The number of rotatable bonds is 8. The minimum atomic E-state index is -0.504. The molecular formula is C20H19NO4S2. The summed E-state index contributed by atoms with van der Waals surface area (Å²) in [7, 11) is 1.70. The van der Waals surface area contributed by atoms with Gasteiger partial charge in [-0.1, -0.05) is 18.2 Å². The first-order valence-corrected chi connectivity index (χ1v) is 10.2. The van der Waals surface area contributed by atoms with Crippen molar-refractivity contribution >= 4 is 35.0 Å². The summed E-state index contributed by atoms with van der Waals surface area (Å²) < 4.78 is 10.6. The van der Waals surface area contributed by atoms with Gasteiger partial charge >= 0.3 is 5.97 Å². The molecule has 0 saturated carbocycles. The second-order valence-electron chi connectivity index (χ2n) is 5.77. The standard InChI is InChI=1S/C20H19NO4S2/c1-21(12-16-7-5-11-26-16)19(22)13-25-20(23)17-8-2-3-9-18(17)27-14-15-6-4-10-24-15/h2-11H,12-14H2,1H3. The number of hydrogen-bond donors (Lipinski definition) is 0. The van der Waals surface area contributed by atoms with Crippen molar-refractivity contribution < 1.29 is 18.7 Å². The van der Waals surface area contributed by atoms with Gasteiger partial charge in [0.2, 0.25) is 0 Å². The SMILES string of the molecule is CN(Cc1cccs1)C(=O)COC(=O)c1ccccc1SCc1ccco1. The molecule has 0 aliphatic carbocycles. The van der Waals surface area contributed by atoms with Crippen molar-refractivity contribution in [1.29, 1.82) is 0 Å². The Kier molecular flexibility index (Phi) is 6.73. The molecule has 0 aliphatic heterocycles. The summed E-state index contributed by atoms with van der Waals surface area (Å²) in [6.45, 7) is 0.224. The first-order chi connectivity index (χ1) is 13.1. The maximum Gasteiger partial charge on any atom is 0.339 e. The quantitative estimate of drug-likeness (QED) is 0.412. The van der Waals surface area contributed by atoms with Gasteiger partial charge in [-0.25, -0.2) is 4.79 Å². The van der Waals surface area contributed by atoms with Crippen molar-refractivity contribution in [2.45, 2.75) is 17.2 Å². The Labute approximate surface area is 165 Å². The van der Waals surface area contributed by atoms with Crippen molar-refractivity contribution in [1.82, 2.24) is 4.90 Å². The smallest absolute Gasteiger partial charge is 0.339 e. The van der Waals surface area contributed by atoms with Crippen LogP contribution in [-0.2, 0) is 21.8 Å². The van der Waals surface area contributed by atoms with E-state index in [4.69, 9.17) is 9.15 Å². The Balaban J connectivity index is 1.55. The molecule has 0 radical (unpaired) electrons. The fourth-order valence-corrected chi connectivity index (χ4v) is 4.05. The van der Waals surface area contributed by atoms with Crippen LogP contribution in [0.4, 0.5) is 0 Å². The largest absolute Gasteiger partial charge is 0.468 e. The minimum Gasteiger partial charge on any atom is -0.468 e. The van der Waals surface area contributed by atoms with Crippen LogP contribution in [0.2, 0.25) is 0 Å². The second-order valence-corrected chi connectivity index (χ2v) is 7.82. The van der Waals surface area contributed by atoms with Gasteiger partial charge in [0.05, 0.1) is 24.1 Å². The summed E-state index contributed by atoms with van der Waals surface area (Å²) >= 11 is 3.07. The van der Waals surface area contributed by atoms with Crippen LogP contribution in [-0.4, -0.2) is 30.4 Å². The highest BCUT2D eigenvalue weighted by Crippen LogP contribution is 2.27. The first kappa shape index (κ1) is 19.3. The molecule has 27 heavy (non-hydrogen) atoms. The highest BCUT2D eigenvalue weighted by Gasteiger charge is 2.17. The van der Waals surface area contributed by atoms with Crippen LogP contribution in [0, 0.1) is 0 Å². The molecule has 0 bridgehead atoms. The van der Waals surface area contributed by atoms with Gasteiger partial charge < -0.3 is 14.1 Å². The number of ether oxygens (including phenoxy) is 1. The van der Waals surface area contributed by atoms with E-state index in [0.29, 0.717) is 17.9 Å². The number of esters is 1. The molecule has 2 aromatic heterocycles. The van der Waals surface area contributed by atoms with E-state index in [0.717, 1.165) is 15.5 Å². The number of benzene rings is 1. The summed E-state index contributed by atoms with van der Waals surface area (Å²) in [4.78, 5) is 28.1. The molecule has 0 saturated heterocycles. The number of likely N-dealkylation sites (N-methyl/N-ethyl adjacent to an activating group) is 1. The van der Waals surface area contributed by atoms with E-state index in [1.807, 2.05) is 41.8 Å². The van der Waals surface area contributed by atoms with Crippen molar-refractivity contribution in [3.8, 4) is 0 Å². The van der Waals surface area contributed by atoms with E-state index in [1.165, 1.54) is 11.8 Å². The van der Waals surface area contributed by atoms with Crippen LogP contribution >= 0.6 is 23.1 Å². The van der Waals surface area contributed by atoms with Gasteiger partial charge in [0, 0.05) is 16.8 Å². The fourth-order valence-electron chi connectivity index (χ4n) is 2.34. The molecule has 1 amide bonds. The average molecular weight is 402 g/mol. The summed E-state index contributed by atoms with van der Waals surface area (Å²) in [5.41, 5.74) is 0.447. The maximum atomic E-state index is 12.4. The summed E-state index contributed by atoms with van der Waals surface area (Å²) in [6, 6.07) is 14.8. The van der Waals surface area contributed by atoms with Gasteiger partial charge in [0.25, 0.3) is 5.91 Å². The number of nitrogens with zero attached hydrogens (tertiary/aromatic N) is 1. The monoisotopic (exact) mass is 401 g/mol. The minimum absolute atomic E-state index is 0.238. The molecule has 1 aromatic carbocycles. The Bertz CT molecular complexity index is 875. The van der Waals surface area contributed by atoms with Gasteiger partial charge in [-0.05, 0) is 35.7 Å². The number of carbonyl (C=O) groups excluding carboxylic acids is 2. The number of furan rings is 1. The van der Waals surface area contributed by atoms with Crippen LogP contribution < -0.4 is 0 Å². The van der Waals surface area contributed by atoms with E-state index < -0.39 is 5.97 Å². The van der Waals surface area contributed by atoms with E-state index >= 15 is 0 Å². The molecule has 3 rings (SSSR count). The predicted molar refractivity (Wildman–Crippen MR) is 106 cm³/mol. The molecule has 5 nitrogen and oxygen atoms in total. The predicted octanol–water partition coefficient (Wildman–Crippen LogP) is 4.45. The lowest BCUT2D eigenvalue weighted by Crippen LogP contribution is -2.30. The summed E-state index contributed by atoms with van der Waals surface area (Å²) in [6.07, 6.45) is 1.62.